The molecule has 124 valence electrons. The van der Waals surface area contributed by atoms with Crippen molar-refractivity contribution >= 4 is 0 Å². The second-order valence-corrected chi connectivity index (χ2v) is 8.36. The average Bonchev–Trinajstić information content (AvgIpc) is 2.70. The van der Waals surface area contributed by atoms with Crippen LogP contribution in [0.1, 0.15) is 65.7 Å². The lowest BCUT2D eigenvalue weighted by Gasteiger charge is -2.48. The summed E-state index contributed by atoms with van der Waals surface area (Å²) in [5.74, 6) is 1.41. The van der Waals surface area contributed by atoms with Gasteiger partial charge in [-0.15, -0.1) is 0 Å². The number of hydrogen-bond donors (Lipinski definition) is 2. The van der Waals surface area contributed by atoms with E-state index in [-0.39, 0.29) is 0 Å². The van der Waals surface area contributed by atoms with E-state index in [4.69, 9.17) is 5.73 Å². The largest absolute Gasteiger partial charge is 0.395 e. The Morgan fingerprint density at radius 3 is 2.48 bits per heavy atom. The van der Waals surface area contributed by atoms with Crippen molar-refractivity contribution in [1.82, 2.24) is 4.90 Å². The third kappa shape index (κ3) is 4.20. The van der Waals surface area contributed by atoms with Crippen LogP contribution in [0.4, 0.5) is 0 Å². The topological polar surface area (TPSA) is 49.5 Å². The number of hydrogen-bond acceptors (Lipinski definition) is 3. The fraction of sp³-hybridized carbons (Fsp3) is 1.00. The third-order valence-electron chi connectivity index (χ3n) is 6.04. The maximum Gasteiger partial charge on any atom is 0.0586 e. The molecule has 1 saturated heterocycles. The molecule has 3 heteroatoms. The van der Waals surface area contributed by atoms with E-state index in [1.54, 1.807) is 0 Å². The average molecular weight is 296 g/mol. The van der Waals surface area contributed by atoms with Crippen LogP contribution in [0, 0.1) is 17.3 Å². The van der Waals surface area contributed by atoms with Crippen LogP contribution >= 0.6 is 0 Å². The fourth-order valence-corrected chi connectivity index (χ4v) is 4.51. The Bertz CT molecular complexity index is 313. The van der Waals surface area contributed by atoms with E-state index < -0.39 is 0 Å². The molecule has 1 aliphatic carbocycles. The number of nitrogens with zero attached hydrogens (tertiary/aromatic N) is 1. The van der Waals surface area contributed by atoms with E-state index in [1.165, 1.54) is 38.5 Å². The van der Waals surface area contributed by atoms with Crippen LogP contribution in [0.2, 0.25) is 0 Å². The van der Waals surface area contributed by atoms with Crippen LogP contribution in [-0.2, 0) is 0 Å². The van der Waals surface area contributed by atoms with Crippen LogP contribution in [0.3, 0.4) is 0 Å². The Balaban J connectivity index is 2.14. The first-order chi connectivity index (χ1) is 9.97. The second-order valence-electron chi connectivity index (χ2n) is 8.36. The predicted octanol–water partition coefficient (Wildman–Crippen LogP) is 3.01. The van der Waals surface area contributed by atoms with Gasteiger partial charge in [-0.05, 0) is 62.4 Å². The first-order valence-electron chi connectivity index (χ1n) is 9.04. The molecule has 1 aliphatic heterocycles. The molecule has 2 rings (SSSR count). The summed E-state index contributed by atoms with van der Waals surface area (Å²) in [6.45, 7) is 9.41. The molecule has 0 radical (unpaired) electrons. The quantitative estimate of drug-likeness (QED) is 0.841. The number of aliphatic hydroxyl groups excluding tert-OH is 1. The lowest BCUT2D eigenvalue weighted by atomic mass is 9.67. The molecule has 0 aromatic rings. The van der Waals surface area contributed by atoms with Crippen molar-refractivity contribution in [3.05, 3.63) is 0 Å². The monoisotopic (exact) mass is 296 g/mol. The summed E-state index contributed by atoms with van der Waals surface area (Å²) in [6, 6.07) is 0.952. The summed E-state index contributed by atoms with van der Waals surface area (Å²) in [5.41, 5.74) is 6.48. The van der Waals surface area contributed by atoms with Gasteiger partial charge in [0, 0.05) is 12.1 Å². The normalized spacial score (nSPS) is 36.4. The van der Waals surface area contributed by atoms with E-state index in [9.17, 15) is 5.11 Å². The highest BCUT2D eigenvalue weighted by Crippen LogP contribution is 2.42. The van der Waals surface area contributed by atoms with Crippen molar-refractivity contribution in [2.24, 2.45) is 23.0 Å². The molecule has 0 aromatic carbocycles. The predicted molar refractivity (Wildman–Crippen MR) is 89.2 cm³/mol. The van der Waals surface area contributed by atoms with Crippen LogP contribution in [0.25, 0.3) is 0 Å². The standard InChI is InChI=1S/C18H36N2O/c1-18(2,3)15-9-8-14(12-19)17(11-15)20-10-6-4-5-7-16(20)13-21/h14-17,21H,4-13,19H2,1-3H3. The van der Waals surface area contributed by atoms with Crippen LogP contribution in [-0.4, -0.2) is 41.8 Å². The summed E-state index contributed by atoms with van der Waals surface area (Å²) in [5, 5.41) is 9.83. The first kappa shape index (κ1) is 17.2. The zero-order valence-corrected chi connectivity index (χ0v) is 14.4. The van der Waals surface area contributed by atoms with E-state index in [2.05, 4.69) is 25.7 Å². The molecule has 2 aliphatic rings. The summed E-state index contributed by atoms with van der Waals surface area (Å²) in [4.78, 5) is 2.64. The van der Waals surface area contributed by atoms with Gasteiger partial charge >= 0.3 is 0 Å². The van der Waals surface area contributed by atoms with E-state index in [1.807, 2.05) is 0 Å². The smallest absolute Gasteiger partial charge is 0.0586 e. The molecule has 1 saturated carbocycles. The minimum Gasteiger partial charge on any atom is -0.395 e. The Hall–Kier alpha value is -0.120. The maximum absolute atomic E-state index is 9.83. The van der Waals surface area contributed by atoms with Crippen LogP contribution in [0.5, 0.6) is 0 Å². The fourth-order valence-electron chi connectivity index (χ4n) is 4.51. The van der Waals surface area contributed by atoms with Crippen molar-refractivity contribution in [1.29, 1.82) is 0 Å². The van der Waals surface area contributed by atoms with Crippen LogP contribution < -0.4 is 5.73 Å². The Morgan fingerprint density at radius 2 is 1.86 bits per heavy atom. The minimum atomic E-state index is 0.313. The number of likely N-dealkylation sites (tertiary alicyclic amines) is 1. The zero-order valence-electron chi connectivity index (χ0n) is 14.4. The molecule has 3 N–H and O–H groups in total. The van der Waals surface area contributed by atoms with E-state index >= 15 is 0 Å². The highest BCUT2D eigenvalue weighted by molar-refractivity contribution is 4.93. The number of nitrogens with two attached hydrogens (primary N) is 1. The molecule has 0 spiro atoms. The van der Waals surface area contributed by atoms with Gasteiger partial charge in [0.2, 0.25) is 0 Å². The maximum atomic E-state index is 9.83. The van der Waals surface area contributed by atoms with E-state index in [0.29, 0.717) is 30.0 Å². The Kier molecular flexibility index (Phi) is 6.10. The van der Waals surface area contributed by atoms with Gasteiger partial charge in [-0.1, -0.05) is 33.6 Å². The third-order valence-corrected chi connectivity index (χ3v) is 6.04. The molecule has 0 bridgehead atoms. The van der Waals surface area contributed by atoms with Gasteiger partial charge in [0.15, 0.2) is 0 Å². The molecule has 4 unspecified atom stereocenters. The van der Waals surface area contributed by atoms with Crippen molar-refractivity contribution in [2.75, 3.05) is 19.7 Å². The van der Waals surface area contributed by atoms with Crippen LogP contribution in [0.15, 0.2) is 0 Å². The summed E-state index contributed by atoms with van der Waals surface area (Å²) < 4.78 is 0. The molecule has 1 heterocycles. The van der Waals surface area contributed by atoms with Gasteiger partial charge in [0.05, 0.1) is 6.61 Å². The number of aliphatic hydroxyl groups is 1. The summed E-state index contributed by atoms with van der Waals surface area (Å²) >= 11 is 0. The summed E-state index contributed by atoms with van der Waals surface area (Å²) in [7, 11) is 0. The molecule has 21 heavy (non-hydrogen) atoms. The molecule has 0 amide bonds. The Morgan fingerprint density at radius 1 is 1.10 bits per heavy atom. The number of rotatable bonds is 3. The second kappa shape index (κ2) is 7.43. The summed E-state index contributed by atoms with van der Waals surface area (Å²) in [6.07, 6.45) is 8.87. The van der Waals surface area contributed by atoms with Gasteiger partial charge in [-0.25, -0.2) is 0 Å². The van der Waals surface area contributed by atoms with Crippen molar-refractivity contribution in [3.63, 3.8) is 0 Å². The van der Waals surface area contributed by atoms with Crippen molar-refractivity contribution < 1.29 is 5.11 Å². The minimum absolute atomic E-state index is 0.313. The SMILES string of the molecule is CC(C)(C)C1CCC(CN)C(N2CCCCCC2CO)C1. The lowest BCUT2D eigenvalue weighted by Crippen LogP contribution is -2.53. The molecule has 4 atom stereocenters. The lowest BCUT2D eigenvalue weighted by molar-refractivity contribution is 0.00556. The van der Waals surface area contributed by atoms with Crippen molar-refractivity contribution in [3.8, 4) is 0 Å². The zero-order chi connectivity index (χ0) is 15.5. The van der Waals surface area contributed by atoms with Crippen molar-refractivity contribution in [2.45, 2.75) is 77.8 Å². The molecule has 0 aromatic heterocycles. The molecular weight excluding hydrogens is 260 g/mol. The molecular formula is C18H36N2O. The van der Waals surface area contributed by atoms with E-state index in [0.717, 1.165) is 25.4 Å². The van der Waals surface area contributed by atoms with Gasteiger partial charge < -0.3 is 10.8 Å². The highest BCUT2D eigenvalue weighted by Gasteiger charge is 2.39. The molecule has 2 fully saturated rings. The van der Waals surface area contributed by atoms with Gasteiger partial charge in [0.25, 0.3) is 0 Å². The Labute approximate surface area is 131 Å². The highest BCUT2D eigenvalue weighted by atomic mass is 16.3. The van der Waals surface area contributed by atoms with Gasteiger partial charge in [0.1, 0.15) is 0 Å². The van der Waals surface area contributed by atoms with Gasteiger partial charge in [-0.3, -0.25) is 4.90 Å². The molecule has 3 nitrogen and oxygen atoms in total. The first-order valence-corrected chi connectivity index (χ1v) is 9.04. The van der Waals surface area contributed by atoms with Gasteiger partial charge in [-0.2, -0.15) is 0 Å².